The van der Waals surface area contributed by atoms with E-state index in [1.165, 1.54) is 25.1 Å². The first-order chi connectivity index (χ1) is 14.6. The molecule has 0 heterocycles. The van der Waals surface area contributed by atoms with Gasteiger partial charge in [0.1, 0.15) is 0 Å². The summed E-state index contributed by atoms with van der Waals surface area (Å²) in [6.45, 7) is 3.78. The van der Waals surface area contributed by atoms with Gasteiger partial charge in [0.2, 0.25) is 0 Å². The summed E-state index contributed by atoms with van der Waals surface area (Å²) < 4.78 is 0. The van der Waals surface area contributed by atoms with E-state index in [4.69, 9.17) is 0 Å². The molecule has 0 aliphatic rings. The van der Waals surface area contributed by atoms with Crippen LogP contribution in [0.4, 0.5) is 0 Å². The molecular weight excluding hydrogens is 404 g/mol. The van der Waals surface area contributed by atoms with Crippen LogP contribution in [0.25, 0.3) is 0 Å². The van der Waals surface area contributed by atoms with E-state index in [9.17, 15) is 4.79 Å². The average molecular weight is 429 g/mol. The molecular formula is C27H24OS2. The number of carbonyl (C=O) groups excluding carboxylic acids is 1. The van der Waals surface area contributed by atoms with E-state index in [0.717, 1.165) is 10.5 Å². The van der Waals surface area contributed by atoms with Crippen LogP contribution < -0.4 is 0 Å². The lowest BCUT2D eigenvalue weighted by Crippen LogP contribution is -1.91. The van der Waals surface area contributed by atoms with E-state index in [2.05, 4.69) is 85.8 Å². The third-order valence-corrected chi connectivity index (χ3v) is 8.54. The van der Waals surface area contributed by atoms with E-state index in [0.29, 0.717) is 0 Å². The molecule has 150 valence electrons. The summed E-state index contributed by atoms with van der Waals surface area (Å²) in [6.07, 6.45) is 0. The fourth-order valence-electron chi connectivity index (χ4n) is 3.37. The Morgan fingerprint density at radius 2 is 1.27 bits per heavy atom. The highest BCUT2D eigenvalue weighted by Gasteiger charge is 2.14. The predicted octanol–water partition coefficient (Wildman–Crippen LogP) is 7.83. The van der Waals surface area contributed by atoms with Gasteiger partial charge in [-0.2, -0.15) is 10.9 Å². The number of ketones is 1. The highest BCUT2D eigenvalue weighted by Crippen LogP contribution is 2.51. The van der Waals surface area contributed by atoms with Gasteiger partial charge in [-0.3, -0.25) is 4.79 Å². The second kappa shape index (κ2) is 9.38. The molecule has 4 rings (SSSR count). The van der Waals surface area contributed by atoms with Gasteiger partial charge in [0.25, 0.3) is 0 Å². The van der Waals surface area contributed by atoms with Crippen molar-refractivity contribution in [3.05, 3.63) is 114 Å². The number of Topliss-reactive ketones (excluding diaryl/α,β-unsaturated/α-hetero) is 1. The van der Waals surface area contributed by atoms with Gasteiger partial charge in [-0.25, -0.2) is 0 Å². The second-order valence-electron chi connectivity index (χ2n) is 7.14. The van der Waals surface area contributed by atoms with Crippen molar-refractivity contribution in [3.63, 3.8) is 0 Å². The first-order valence-electron chi connectivity index (χ1n) is 9.91. The molecule has 4 aromatic rings. The Bertz CT molecular complexity index is 1100. The lowest BCUT2D eigenvalue weighted by Gasteiger charge is -2.24. The highest BCUT2D eigenvalue weighted by atomic mass is 32.2. The van der Waals surface area contributed by atoms with Crippen molar-refractivity contribution in [1.29, 1.82) is 0 Å². The zero-order chi connectivity index (χ0) is 20.9. The van der Waals surface area contributed by atoms with E-state index in [1.807, 2.05) is 24.3 Å². The first-order valence-corrected chi connectivity index (χ1v) is 12.1. The van der Waals surface area contributed by atoms with Gasteiger partial charge >= 0.3 is 0 Å². The van der Waals surface area contributed by atoms with Crippen LogP contribution in [0.15, 0.2) is 128 Å². The van der Waals surface area contributed by atoms with Crippen LogP contribution >= 0.6 is 22.7 Å². The normalized spacial score (nSPS) is 11.2. The monoisotopic (exact) mass is 428 g/mol. The maximum atomic E-state index is 11.5. The van der Waals surface area contributed by atoms with Gasteiger partial charge in [0.15, 0.2) is 5.78 Å². The Labute approximate surface area is 185 Å². The molecule has 0 amide bonds. The van der Waals surface area contributed by atoms with E-state index in [-0.39, 0.29) is 5.78 Å². The van der Waals surface area contributed by atoms with Crippen LogP contribution in [0.2, 0.25) is 0 Å². The van der Waals surface area contributed by atoms with Gasteiger partial charge in [-0.15, -0.1) is 0 Å². The molecule has 0 radical (unpaired) electrons. The Hall–Kier alpha value is -2.75. The second-order valence-corrected chi connectivity index (χ2v) is 10.5. The predicted molar refractivity (Wildman–Crippen MR) is 128 cm³/mol. The summed E-state index contributed by atoms with van der Waals surface area (Å²) in [4.78, 5) is 18.0. The molecule has 0 N–H and O–H groups in total. The van der Waals surface area contributed by atoms with E-state index < -0.39 is 10.9 Å². The van der Waals surface area contributed by atoms with Crippen molar-refractivity contribution in [1.82, 2.24) is 0 Å². The molecule has 4 aromatic carbocycles. The Morgan fingerprint density at radius 3 is 1.77 bits per heavy atom. The summed E-state index contributed by atoms with van der Waals surface area (Å²) in [5, 5.41) is 0. The number of benzene rings is 4. The minimum atomic E-state index is -0.592. The summed E-state index contributed by atoms with van der Waals surface area (Å²) in [5.41, 5.74) is 2.02. The van der Waals surface area contributed by atoms with Crippen molar-refractivity contribution >= 4 is 28.4 Å². The maximum Gasteiger partial charge on any atom is 0.159 e. The van der Waals surface area contributed by atoms with Crippen molar-refractivity contribution in [3.8, 4) is 0 Å². The molecule has 0 aliphatic heterocycles. The van der Waals surface area contributed by atoms with Crippen LogP contribution in [0, 0.1) is 6.92 Å². The Kier molecular flexibility index (Phi) is 6.41. The minimum Gasteiger partial charge on any atom is -0.295 e. The van der Waals surface area contributed by atoms with Crippen molar-refractivity contribution in [2.75, 3.05) is 0 Å². The van der Waals surface area contributed by atoms with Crippen LogP contribution in [0.3, 0.4) is 0 Å². The molecule has 0 fully saturated rings. The quantitative estimate of drug-likeness (QED) is 0.249. The summed E-state index contributed by atoms with van der Waals surface area (Å²) >= 11 is 1.74. The fourth-order valence-corrected chi connectivity index (χ4v) is 6.64. The molecule has 0 atom stereocenters. The Morgan fingerprint density at radius 1 is 0.700 bits per heavy atom. The lowest BCUT2D eigenvalue weighted by molar-refractivity contribution is 0.101. The van der Waals surface area contributed by atoms with Gasteiger partial charge in [-0.1, -0.05) is 60.3 Å². The Balaban J connectivity index is 1.65. The van der Waals surface area contributed by atoms with Crippen molar-refractivity contribution < 1.29 is 4.79 Å². The van der Waals surface area contributed by atoms with E-state index >= 15 is 0 Å². The molecule has 0 aliphatic carbocycles. The number of thiol groups is 1. The third kappa shape index (κ3) is 4.69. The standard InChI is InChI=1S/C27H24OS2/c1-20-19-26(17-18-27(20)29-23-15-13-22(14-16-23)21(2)28)30(24-9-5-3-6-10-24)25-11-7-4-8-12-25/h3-19,30H,1-2H3. The molecule has 1 nitrogen and oxygen atoms in total. The number of hydrogen-bond acceptors (Lipinski definition) is 2. The van der Waals surface area contributed by atoms with Crippen LogP contribution in [0.1, 0.15) is 22.8 Å². The zero-order valence-electron chi connectivity index (χ0n) is 17.1. The lowest BCUT2D eigenvalue weighted by atomic mass is 10.2. The van der Waals surface area contributed by atoms with Crippen LogP contribution in [-0.2, 0) is 0 Å². The van der Waals surface area contributed by atoms with Gasteiger partial charge in [0, 0.05) is 15.4 Å². The zero-order valence-corrected chi connectivity index (χ0v) is 18.8. The molecule has 0 saturated carbocycles. The van der Waals surface area contributed by atoms with Crippen molar-refractivity contribution in [2.24, 2.45) is 0 Å². The van der Waals surface area contributed by atoms with Gasteiger partial charge in [-0.05, 0) is 88.7 Å². The summed E-state index contributed by atoms with van der Waals surface area (Å²) in [6, 6.07) is 36.2. The molecule has 3 heteroatoms. The third-order valence-electron chi connectivity index (χ3n) is 4.93. The number of aryl methyl sites for hydroxylation is 1. The number of carbonyl (C=O) groups is 1. The molecule has 0 unspecified atom stereocenters. The molecule has 0 aromatic heterocycles. The highest BCUT2D eigenvalue weighted by molar-refractivity contribution is 8.17. The van der Waals surface area contributed by atoms with E-state index in [1.54, 1.807) is 18.7 Å². The molecule has 0 spiro atoms. The smallest absolute Gasteiger partial charge is 0.159 e. The summed E-state index contributed by atoms with van der Waals surface area (Å²) in [5.74, 6) is 0.0993. The van der Waals surface area contributed by atoms with Gasteiger partial charge in [0.05, 0.1) is 0 Å². The van der Waals surface area contributed by atoms with Crippen LogP contribution in [-0.4, -0.2) is 5.78 Å². The first kappa shape index (κ1) is 20.5. The SMILES string of the molecule is CC(=O)c1ccc(Sc2ccc([SH](c3ccccc3)c3ccccc3)cc2C)cc1. The fraction of sp³-hybridized carbons (Fsp3) is 0.0741. The van der Waals surface area contributed by atoms with Crippen LogP contribution in [0.5, 0.6) is 0 Å². The molecule has 0 bridgehead atoms. The largest absolute Gasteiger partial charge is 0.295 e. The number of hydrogen-bond donors (Lipinski definition) is 1. The van der Waals surface area contributed by atoms with Crippen molar-refractivity contribution in [2.45, 2.75) is 38.3 Å². The topological polar surface area (TPSA) is 17.1 Å². The minimum absolute atomic E-state index is 0.0993. The summed E-state index contributed by atoms with van der Waals surface area (Å²) in [7, 11) is -0.592. The average Bonchev–Trinajstić information content (AvgIpc) is 2.78. The maximum absolute atomic E-state index is 11.5. The van der Waals surface area contributed by atoms with Gasteiger partial charge < -0.3 is 0 Å². The molecule has 0 saturated heterocycles. The number of rotatable bonds is 6. The molecule has 30 heavy (non-hydrogen) atoms.